The molecule has 0 aliphatic carbocycles. The SMILES string of the molecule is CC(N)c1ccc(N2CCCS(=O)(=O)CC2)cn1. The van der Waals surface area contributed by atoms with Crippen molar-refractivity contribution in [1.82, 2.24) is 4.98 Å². The molecule has 0 spiro atoms. The summed E-state index contributed by atoms with van der Waals surface area (Å²) in [4.78, 5) is 6.38. The molecule has 18 heavy (non-hydrogen) atoms. The van der Waals surface area contributed by atoms with Gasteiger partial charge < -0.3 is 10.6 Å². The Morgan fingerprint density at radius 1 is 1.33 bits per heavy atom. The molecule has 0 aromatic carbocycles. The van der Waals surface area contributed by atoms with Gasteiger partial charge >= 0.3 is 0 Å². The Kier molecular flexibility index (Phi) is 3.87. The molecule has 1 aliphatic rings. The molecule has 100 valence electrons. The summed E-state index contributed by atoms with van der Waals surface area (Å²) in [5, 5.41) is 0. The van der Waals surface area contributed by atoms with Gasteiger partial charge in [-0.3, -0.25) is 4.98 Å². The van der Waals surface area contributed by atoms with Gasteiger partial charge in [0.25, 0.3) is 0 Å². The van der Waals surface area contributed by atoms with Gasteiger partial charge in [-0.2, -0.15) is 0 Å². The first kappa shape index (κ1) is 13.3. The van der Waals surface area contributed by atoms with E-state index in [-0.39, 0.29) is 17.5 Å². The molecule has 1 unspecified atom stereocenters. The van der Waals surface area contributed by atoms with Crippen molar-refractivity contribution in [2.45, 2.75) is 19.4 Å². The van der Waals surface area contributed by atoms with Gasteiger partial charge in [-0.05, 0) is 25.5 Å². The average molecular weight is 269 g/mol. The van der Waals surface area contributed by atoms with Crippen LogP contribution >= 0.6 is 0 Å². The van der Waals surface area contributed by atoms with Crippen molar-refractivity contribution in [3.63, 3.8) is 0 Å². The fraction of sp³-hybridized carbons (Fsp3) is 0.583. The van der Waals surface area contributed by atoms with Crippen LogP contribution in [0, 0.1) is 0 Å². The summed E-state index contributed by atoms with van der Waals surface area (Å²) in [5.41, 5.74) is 7.56. The molecular weight excluding hydrogens is 250 g/mol. The molecule has 6 heteroatoms. The topological polar surface area (TPSA) is 76.3 Å². The lowest BCUT2D eigenvalue weighted by Crippen LogP contribution is -2.26. The number of nitrogens with two attached hydrogens (primary N) is 1. The first-order chi connectivity index (χ1) is 8.48. The minimum Gasteiger partial charge on any atom is -0.369 e. The first-order valence-electron chi connectivity index (χ1n) is 6.15. The summed E-state index contributed by atoms with van der Waals surface area (Å²) in [7, 11) is -2.86. The quantitative estimate of drug-likeness (QED) is 0.856. The summed E-state index contributed by atoms with van der Waals surface area (Å²) in [6.45, 7) is 3.19. The smallest absolute Gasteiger partial charge is 0.152 e. The van der Waals surface area contributed by atoms with Gasteiger partial charge in [0, 0.05) is 19.1 Å². The van der Waals surface area contributed by atoms with Crippen LogP contribution in [-0.2, 0) is 9.84 Å². The van der Waals surface area contributed by atoms with Crippen LogP contribution in [0.3, 0.4) is 0 Å². The van der Waals surface area contributed by atoms with E-state index in [2.05, 4.69) is 9.88 Å². The summed E-state index contributed by atoms with van der Waals surface area (Å²) >= 11 is 0. The molecule has 1 aliphatic heterocycles. The molecule has 2 rings (SSSR count). The molecule has 1 aromatic rings. The fourth-order valence-electron chi connectivity index (χ4n) is 2.05. The Morgan fingerprint density at radius 3 is 2.72 bits per heavy atom. The second kappa shape index (κ2) is 5.24. The normalized spacial score (nSPS) is 21.3. The molecule has 1 aromatic heterocycles. The maximum atomic E-state index is 11.5. The number of hydrogen-bond acceptors (Lipinski definition) is 5. The van der Waals surface area contributed by atoms with Gasteiger partial charge in [-0.1, -0.05) is 0 Å². The van der Waals surface area contributed by atoms with E-state index < -0.39 is 9.84 Å². The molecule has 2 N–H and O–H groups in total. The summed E-state index contributed by atoms with van der Waals surface area (Å²) in [6, 6.07) is 3.78. The maximum Gasteiger partial charge on any atom is 0.152 e. The van der Waals surface area contributed by atoms with Crippen LogP contribution in [0.4, 0.5) is 5.69 Å². The van der Waals surface area contributed by atoms with Gasteiger partial charge in [0.2, 0.25) is 0 Å². The number of hydrogen-bond donors (Lipinski definition) is 1. The van der Waals surface area contributed by atoms with Crippen molar-refractivity contribution in [3.8, 4) is 0 Å². The predicted octanol–water partition coefficient (Wildman–Crippen LogP) is 0.726. The number of pyridine rings is 1. The Labute approximate surface area is 108 Å². The van der Waals surface area contributed by atoms with Crippen LogP contribution in [0.2, 0.25) is 0 Å². The third kappa shape index (κ3) is 3.20. The highest BCUT2D eigenvalue weighted by molar-refractivity contribution is 7.91. The highest BCUT2D eigenvalue weighted by Gasteiger charge is 2.19. The van der Waals surface area contributed by atoms with E-state index in [4.69, 9.17) is 5.73 Å². The number of sulfone groups is 1. The van der Waals surface area contributed by atoms with Crippen LogP contribution in [0.5, 0.6) is 0 Å². The van der Waals surface area contributed by atoms with E-state index in [9.17, 15) is 8.42 Å². The summed E-state index contributed by atoms with van der Waals surface area (Å²) < 4.78 is 23.1. The lowest BCUT2D eigenvalue weighted by Gasteiger charge is -2.22. The first-order valence-corrected chi connectivity index (χ1v) is 7.97. The molecule has 0 saturated carbocycles. The van der Waals surface area contributed by atoms with Gasteiger partial charge in [0.15, 0.2) is 9.84 Å². The molecule has 5 nitrogen and oxygen atoms in total. The largest absolute Gasteiger partial charge is 0.369 e. The third-order valence-corrected chi connectivity index (χ3v) is 4.87. The Balaban J connectivity index is 2.12. The monoisotopic (exact) mass is 269 g/mol. The fourth-order valence-corrected chi connectivity index (χ4v) is 3.32. The highest BCUT2D eigenvalue weighted by Crippen LogP contribution is 2.18. The summed E-state index contributed by atoms with van der Waals surface area (Å²) in [5.74, 6) is 0.511. The minimum atomic E-state index is -2.86. The van der Waals surface area contributed by atoms with E-state index in [0.29, 0.717) is 13.0 Å². The van der Waals surface area contributed by atoms with E-state index >= 15 is 0 Å². The van der Waals surface area contributed by atoms with Crippen molar-refractivity contribution in [2.24, 2.45) is 5.73 Å². The average Bonchev–Trinajstić information content (AvgIpc) is 2.50. The van der Waals surface area contributed by atoms with Gasteiger partial charge in [0.05, 0.1) is 29.1 Å². The molecule has 0 amide bonds. The second-order valence-electron chi connectivity index (χ2n) is 4.72. The highest BCUT2D eigenvalue weighted by atomic mass is 32.2. The zero-order valence-corrected chi connectivity index (χ0v) is 11.4. The van der Waals surface area contributed by atoms with E-state index in [1.807, 2.05) is 19.1 Å². The van der Waals surface area contributed by atoms with Gasteiger partial charge in [-0.15, -0.1) is 0 Å². The zero-order chi connectivity index (χ0) is 13.2. The Hall–Kier alpha value is -1.14. The molecule has 1 fully saturated rings. The maximum absolute atomic E-state index is 11.5. The standard InChI is InChI=1S/C12H19N3O2S/c1-10(13)12-4-3-11(9-14-12)15-5-2-7-18(16,17)8-6-15/h3-4,9-10H,2,5-8,13H2,1H3. The molecular formula is C12H19N3O2S. The van der Waals surface area contributed by atoms with E-state index in [0.717, 1.165) is 17.9 Å². The second-order valence-corrected chi connectivity index (χ2v) is 7.03. The summed E-state index contributed by atoms with van der Waals surface area (Å²) in [6.07, 6.45) is 2.45. The molecule has 0 radical (unpaired) electrons. The van der Waals surface area contributed by atoms with Gasteiger partial charge in [0.1, 0.15) is 0 Å². The Morgan fingerprint density at radius 2 is 2.11 bits per heavy atom. The van der Waals surface area contributed by atoms with Crippen molar-refractivity contribution in [1.29, 1.82) is 0 Å². The van der Waals surface area contributed by atoms with Crippen LogP contribution in [0.15, 0.2) is 18.3 Å². The lowest BCUT2D eigenvalue weighted by atomic mass is 10.2. The van der Waals surface area contributed by atoms with Crippen molar-refractivity contribution in [2.75, 3.05) is 29.5 Å². The number of anilines is 1. The number of aromatic nitrogens is 1. The van der Waals surface area contributed by atoms with Crippen LogP contribution < -0.4 is 10.6 Å². The van der Waals surface area contributed by atoms with Crippen LogP contribution in [0.25, 0.3) is 0 Å². The third-order valence-electron chi connectivity index (χ3n) is 3.16. The van der Waals surface area contributed by atoms with Crippen molar-refractivity contribution >= 4 is 15.5 Å². The molecule has 2 heterocycles. The number of nitrogens with zero attached hydrogens (tertiary/aromatic N) is 2. The molecule has 1 saturated heterocycles. The predicted molar refractivity (Wildman–Crippen MR) is 72.3 cm³/mol. The van der Waals surface area contributed by atoms with Gasteiger partial charge in [-0.25, -0.2) is 8.42 Å². The van der Waals surface area contributed by atoms with E-state index in [1.165, 1.54) is 0 Å². The lowest BCUT2D eigenvalue weighted by molar-refractivity contribution is 0.597. The Bertz CT molecular complexity index is 497. The molecule has 0 bridgehead atoms. The zero-order valence-electron chi connectivity index (χ0n) is 10.5. The van der Waals surface area contributed by atoms with Crippen LogP contribution in [0.1, 0.15) is 25.1 Å². The minimum absolute atomic E-state index is 0.0800. The number of rotatable bonds is 2. The van der Waals surface area contributed by atoms with Crippen LogP contribution in [-0.4, -0.2) is 38.0 Å². The van der Waals surface area contributed by atoms with Crippen molar-refractivity contribution in [3.05, 3.63) is 24.0 Å². The molecule has 1 atom stereocenters. The van der Waals surface area contributed by atoms with Crippen molar-refractivity contribution < 1.29 is 8.42 Å². The van der Waals surface area contributed by atoms with E-state index in [1.54, 1.807) is 6.20 Å².